The van der Waals surface area contributed by atoms with Gasteiger partial charge in [0.15, 0.2) is 0 Å². The molecule has 63 heavy (non-hydrogen) atoms. The van der Waals surface area contributed by atoms with Gasteiger partial charge in [-0.25, -0.2) is 0 Å². The number of rotatable bonds is 6. The fourth-order valence-corrected chi connectivity index (χ4v) is 10.9. The van der Waals surface area contributed by atoms with Crippen LogP contribution in [0.3, 0.4) is 0 Å². The number of hydrogen-bond acceptors (Lipinski definition) is 1. The van der Waals surface area contributed by atoms with Crippen molar-refractivity contribution >= 4 is 38.9 Å². The van der Waals surface area contributed by atoms with E-state index in [0.29, 0.717) is 0 Å². The molecule has 0 radical (unpaired) electrons. The Morgan fingerprint density at radius 3 is 1.48 bits per heavy atom. The first kappa shape index (κ1) is 35.5. The molecule has 1 heterocycles. The van der Waals surface area contributed by atoms with Gasteiger partial charge in [-0.2, -0.15) is 0 Å². The van der Waals surface area contributed by atoms with E-state index in [-0.39, 0.29) is 5.41 Å². The summed E-state index contributed by atoms with van der Waals surface area (Å²) in [5.74, 6) is 0. The maximum atomic E-state index is 2.47. The topological polar surface area (TPSA) is 8.17 Å². The largest absolute Gasteiger partial charge is 0.310 e. The minimum Gasteiger partial charge on any atom is -0.310 e. The average molecular weight is 801 g/mol. The molecular weight excluding hydrogens is 761 g/mol. The summed E-state index contributed by atoms with van der Waals surface area (Å²) in [5.41, 5.74) is 21.9. The predicted octanol–water partition coefficient (Wildman–Crippen LogP) is 15.9. The van der Waals surface area contributed by atoms with E-state index in [1.807, 2.05) is 0 Å². The Balaban J connectivity index is 0.964. The molecule has 294 valence electrons. The van der Waals surface area contributed by atoms with Gasteiger partial charge in [0.1, 0.15) is 0 Å². The molecule has 0 amide bonds. The molecular formula is C61H40N2. The van der Waals surface area contributed by atoms with E-state index in [1.54, 1.807) is 0 Å². The van der Waals surface area contributed by atoms with Gasteiger partial charge in [0.2, 0.25) is 0 Å². The molecule has 10 aromatic carbocycles. The zero-order valence-corrected chi connectivity index (χ0v) is 34.5. The molecule has 2 aliphatic carbocycles. The summed E-state index contributed by atoms with van der Waals surface area (Å²) in [7, 11) is 0. The van der Waals surface area contributed by atoms with Crippen molar-refractivity contribution in [2.75, 3.05) is 4.90 Å². The standard InChI is InChI=1S/C61H40N2/c1-3-16-41(17-4-1)43-18-15-21-47(38-43)62(48-35-37-60-54(40-48)53-25-10-14-29-59(53)63(60)45-19-5-2-6-20-45)46-33-30-42(31-34-46)44-32-36-52-51-24-9-13-28-57(51)61(58(52)39-44)55-26-11-7-22-49(55)50-23-8-12-27-56(50)61/h1-40H. The first-order chi connectivity index (χ1) is 31.3. The Bertz CT molecular complexity index is 3500. The van der Waals surface area contributed by atoms with Crippen LogP contribution in [0, 0.1) is 0 Å². The number of nitrogens with zero attached hydrogens (tertiary/aromatic N) is 2. The first-order valence-electron chi connectivity index (χ1n) is 21.8. The highest BCUT2D eigenvalue weighted by Crippen LogP contribution is 2.63. The predicted molar refractivity (Wildman–Crippen MR) is 263 cm³/mol. The Morgan fingerprint density at radius 1 is 0.286 bits per heavy atom. The van der Waals surface area contributed by atoms with E-state index >= 15 is 0 Å². The maximum Gasteiger partial charge on any atom is 0.0725 e. The van der Waals surface area contributed by atoms with Crippen LogP contribution in [0.5, 0.6) is 0 Å². The highest BCUT2D eigenvalue weighted by atomic mass is 15.1. The third-order valence-corrected chi connectivity index (χ3v) is 13.6. The van der Waals surface area contributed by atoms with Crippen molar-refractivity contribution in [3.63, 3.8) is 0 Å². The highest BCUT2D eigenvalue weighted by molar-refractivity contribution is 6.11. The van der Waals surface area contributed by atoms with Crippen LogP contribution in [-0.4, -0.2) is 4.57 Å². The van der Waals surface area contributed by atoms with Crippen LogP contribution in [0.4, 0.5) is 17.1 Å². The molecule has 0 atom stereocenters. The molecule has 1 spiro atoms. The van der Waals surface area contributed by atoms with E-state index in [4.69, 9.17) is 0 Å². The van der Waals surface area contributed by atoms with Gasteiger partial charge >= 0.3 is 0 Å². The van der Waals surface area contributed by atoms with Crippen molar-refractivity contribution in [2.24, 2.45) is 0 Å². The average Bonchev–Trinajstić information content (AvgIpc) is 3.96. The normalized spacial score (nSPS) is 12.9. The molecule has 11 aromatic rings. The summed E-state index contributed by atoms with van der Waals surface area (Å²) in [6.45, 7) is 0. The van der Waals surface area contributed by atoms with Crippen molar-refractivity contribution < 1.29 is 0 Å². The molecule has 0 N–H and O–H groups in total. The molecule has 0 saturated heterocycles. The molecule has 2 heteroatoms. The molecule has 0 fully saturated rings. The highest BCUT2D eigenvalue weighted by Gasteiger charge is 2.51. The SMILES string of the molecule is c1ccc(-c2cccc(N(c3ccc(-c4ccc5c(c4)C4(c6ccccc6-c6ccccc64)c4ccccc4-5)cc3)c3ccc4c(c3)c3ccccc3n4-c3ccccc3)c2)cc1. The quantitative estimate of drug-likeness (QED) is 0.163. The van der Waals surface area contributed by atoms with Gasteiger partial charge in [-0.3, -0.25) is 0 Å². The van der Waals surface area contributed by atoms with Crippen LogP contribution in [0.25, 0.3) is 72.0 Å². The molecule has 2 aliphatic rings. The second kappa shape index (κ2) is 13.9. The van der Waals surface area contributed by atoms with E-state index in [9.17, 15) is 0 Å². The van der Waals surface area contributed by atoms with Crippen LogP contribution in [0.1, 0.15) is 22.3 Å². The van der Waals surface area contributed by atoms with Crippen LogP contribution >= 0.6 is 0 Å². The Morgan fingerprint density at radius 2 is 0.778 bits per heavy atom. The molecule has 0 unspecified atom stereocenters. The molecule has 2 nitrogen and oxygen atoms in total. The lowest BCUT2D eigenvalue weighted by Crippen LogP contribution is -2.25. The van der Waals surface area contributed by atoms with Gasteiger partial charge in [-0.15, -0.1) is 0 Å². The first-order valence-corrected chi connectivity index (χ1v) is 21.8. The zero-order valence-electron chi connectivity index (χ0n) is 34.5. The van der Waals surface area contributed by atoms with Crippen LogP contribution in [0.15, 0.2) is 243 Å². The van der Waals surface area contributed by atoms with Crippen molar-refractivity contribution in [1.82, 2.24) is 4.57 Å². The summed E-state index contributed by atoms with van der Waals surface area (Å²) in [6, 6.07) is 89.4. The second-order valence-electron chi connectivity index (χ2n) is 16.8. The van der Waals surface area contributed by atoms with E-state index in [2.05, 4.69) is 252 Å². The van der Waals surface area contributed by atoms with E-state index in [0.717, 1.165) is 22.7 Å². The van der Waals surface area contributed by atoms with Crippen molar-refractivity contribution in [3.05, 3.63) is 265 Å². The Labute approximate surface area is 367 Å². The zero-order chi connectivity index (χ0) is 41.5. The van der Waals surface area contributed by atoms with Gasteiger partial charge in [-0.05, 0) is 133 Å². The third kappa shape index (κ3) is 5.25. The van der Waals surface area contributed by atoms with E-state index < -0.39 is 0 Å². The molecule has 13 rings (SSSR count). The second-order valence-corrected chi connectivity index (χ2v) is 16.8. The van der Waals surface area contributed by atoms with Crippen LogP contribution in [0.2, 0.25) is 0 Å². The van der Waals surface area contributed by atoms with Gasteiger partial charge in [0.25, 0.3) is 0 Å². The van der Waals surface area contributed by atoms with Gasteiger partial charge in [0.05, 0.1) is 16.4 Å². The van der Waals surface area contributed by atoms with Crippen molar-refractivity contribution in [3.8, 4) is 50.2 Å². The molecule has 0 bridgehead atoms. The van der Waals surface area contributed by atoms with E-state index in [1.165, 1.54) is 88.6 Å². The Kier molecular flexibility index (Phi) is 7.85. The van der Waals surface area contributed by atoms with Gasteiger partial charge < -0.3 is 9.47 Å². The number of aromatic nitrogens is 1. The summed E-state index contributed by atoms with van der Waals surface area (Å²) in [6.07, 6.45) is 0. The fraction of sp³-hybridized carbons (Fsp3) is 0.0164. The summed E-state index contributed by atoms with van der Waals surface area (Å²) in [5, 5.41) is 2.45. The minimum absolute atomic E-state index is 0.377. The number of para-hydroxylation sites is 2. The van der Waals surface area contributed by atoms with Crippen molar-refractivity contribution in [2.45, 2.75) is 5.41 Å². The molecule has 0 aliphatic heterocycles. The van der Waals surface area contributed by atoms with Crippen molar-refractivity contribution in [1.29, 1.82) is 0 Å². The summed E-state index contributed by atoms with van der Waals surface area (Å²) < 4.78 is 2.38. The number of fused-ring (bicyclic) bond motifs is 13. The maximum absolute atomic E-state index is 2.47. The minimum atomic E-state index is -0.377. The number of benzene rings is 10. The molecule has 0 saturated carbocycles. The number of anilines is 3. The fourth-order valence-electron chi connectivity index (χ4n) is 10.9. The Hall–Kier alpha value is -8.20. The smallest absolute Gasteiger partial charge is 0.0725 e. The summed E-state index contributed by atoms with van der Waals surface area (Å²) >= 11 is 0. The lowest BCUT2D eigenvalue weighted by Gasteiger charge is -2.30. The van der Waals surface area contributed by atoms with Crippen LogP contribution < -0.4 is 4.90 Å². The van der Waals surface area contributed by atoms with Crippen LogP contribution in [-0.2, 0) is 5.41 Å². The van der Waals surface area contributed by atoms with Gasteiger partial charge in [-0.1, -0.05) is 176 Å². The summed E-state index contributed by atoms with van der Waals surface area (Å²) in [4.78, 5) is 2.41. The lowest BCUT2D eigenvalue weighted by molar-refractivity contribution is 0.794. The third-order valence-electron chi connectivity index (χ3n) is 13.6. The molecule has 1 aromatic heterocycles. The lowest BCUT2D eigenvalue weighted by atomic mass is 9.70. The number of hydrogen-bond donors (Lipinski definition) is 0. The van der Waals surface area contributed by atoms with Gasteiger partial charge in [0, 0.05) is 33.5 Å². The monoisotopic (exact) mass is 800 g/mol.